The molecular weight excluding hydrogens is 182 g/mol. The number of hydrogen-bond donors (Lipinski definition) is 0. The molecule has 14 heavy (non-hydrogen) atoms. The van der Waals surface area contributed by atoms with E-state index in [1.807, 2.05) is 0 Å². The number of carbonyl (C=O) groups excluding carboxylic acids is 2. The Labute approximate surface area is 81.9 Å². The normalized spacial score (nSPS) is 9.50. The second-order valence-electron chi connectivity index (χ2n) is 2.65. The molecule has 1 aromatic rings. The molecule has 4 heteroatoms. The molecule has 0 spiro atoms. The fraction of sp³-hybridized carbons (Fsp3) is 0.300. The molecule has 4 nitrogen and oxygen atoms in total. The van der Waals surface area contributed by atoms with Crippen LogP contribution in [0.15, 0.2) is 18.3 Å². The molecule has 0 aliphatic rings. The molecule has 0 aromatic carbocycles. The molecule has 0 atom stereocenters. The lowest BCUT2D eigenvalue weighted by Crippen LogP contribution is -2.09. The van der Waals surface area contributed by atoms with E-state index >= 15 is 0 Å². The maximum Gasteiger partial charge on any atom is 0.310 e. The lowest BCUT2D eigenvalue weighted by molar-refractivity contribution is -0.142. The fourth-order valence-electron chi connectivity index (χ4n) is 1.07. The minimum atomic E-state index is -0.344. The van der Waals surface area contributed by atoms with Gasteiger partial charge in [0.1, 0.15) is 5.69 Å². The van der Waals surface area contributed by atoms with Crippen molar-refractivity contribution >= 4 is 12.3 Å². The summed E-state index contributed by atoms with van der Waals surface area (Å²) in [4.78, 5) is 25.5. The first-order chi connectivity index (χ1) is 6.77. The maximum atomic E-state index is 11.1. The van der Waals surface area contributed by atoms with Crippen molar-refractivity contribution in [2.24, 2.45) is 0 Å². The predicted octanol–water partition coefficient (Wildman–Crippen LogP) is 1.000. The standard InChI is InChI=1S/C10H11NO3/c1-2-14-10(13)6-8-4-3-5-11-9(8)7-12/h3-5,7H,2,6H2,1H3. The van der Waals surface area contributed by atoms with Gasteiger partial charge < -0.3 is 4.74 Å². The number of esters is 1. The summed E-state index contributed by atoms with van der Waals surface area (Å²) in [5.74, 6) is -0.344. The lowest BCUT2D eigenvalue weighted by Gasteiger charge is -2.02. The molecule has 1 heterocycles. The van der Waals surface area contributed by atoms with E-state index in [-0.39, 0.29) is 12.4 Å². The summed E-state index contributed by atoms with van der Waals surface area (Å²) in [6.07, 6.45) is 2.24. The lowest BCUT2D eigenvalue weighted by atomic mass is 10.1. The van der Waals surface area contributed by atoms with E-state index < -0.39 is 0 Å². The zero-order valence-electron chi connectivity index (χ0n) is 7.90. The molecule has 1 aromatic heterocycles. The van der Waals surface area contributed by atoms with Gasteiger partial charge in [0.25, 0.3) is 0 Å². The summed E-state index contributed by atoms with van der Waals surface area (Å²) in [5.41, 5.74) is 0.890. The van der Waals surface area contributed by atoms with Crippen LogP contribution in [-0.4, -0.2) is 23.8 Å². The summed E-state index contributed by atoms with van der Waals surface area (Å²) >= 11 is 0. The van der Waals surface area contributed by atoms with Gasteiger partial charge in [-0.3, -0.25) is 14.6 Å². The minimum absolute atomic E-state index is 0.0930. The Morgan fingerprint density at radius 2 is 2.43 bits per heavy atom. The minimum Gasteiger partial charge on any atom is -0.466 e. The van der Waals surface area contributed by atoms with Crippen LogP contribution < -0.4 is 0 Å². The van der Waals surface area contributed by atoms with E-state index in [2.05, 4.69) is 4.98 Å². The maximum absolute atomic E-state index is 11.1. The molecule has 0 unspecified atom stereocenters. The second-order valence-corrected chi connectivity index (χ2v) is 2.65. The average molecular weight is 193 g/mol. The van der Waals surface area contributed by atoms with E-state index in [9.17, 15) is 9.59 Å². The molecule has 0 aliphatic heterocycles. The molecule has 0 aliphatic carbocycles. The van der Waals surface area contributed by atoms with Crippen LogP contribution in [0, 0.1) is 0 Å². The zero-order chi connectivity index (χ0) is 10.4. The highest BCUT2D eigenvalue weighted by atomic mass is 16.5. The number of nitrogens with zero attached hydrogens (tertiary/aromatic N) is 1. The van der Waals surface area contributed by atoms with Crippen molar-refractivity contribution in [2.75, 3.05) is 6.61 Å². The molecule has 0 bridgehead atoms. The first kappa shape index (κ1) is 10.4. The van der Waals surface area contributed by atoms with E-state index in [0.29, 0.717) is 24.2 Å². The van der Waals surface area contributed by atoms with Crippen LogP contribution in [0.1, 0.15) is 23.0 Å². The van der Waals surface area contributed by atoms with Crippen LogP contribution in [0.4, 0.5) is 0 Å². The third kappa shape index (κ3) is 2.65. The monoisotopic (exact) mass is 193 g/mol. The largest absolute Gasteiger partial charge is 0.466 e. The molecule has 0 radical (unpaired) electrons. The quantitative estimate of drug-likeness (QED) is 0.528. The molecule has 0 saturated carbocycles. The van der Waals surface area contributed by atoms with Gasteiger partial charge in [-0.2, -0.15) is 0 Å². The predicted molar refractivity (Wildman–Crippen MR) is 50.0 cm³/mol. The van der Waals surface area contributed by atoms with Gasteiger partial charge in [-0.25, -0.2) is 0 Å². The third-order valence-electron chi connectivity index (χ3n) is 1.68. The van der Waals surface area contributed by atoms with E-state index in [4.69, 9.17) is 4.74 Å². The number of carbonyl (C=O) groups is 2. The topological polar surface area (TPSA) is 56.3 Å². The Hall–Kier alpha value is -1.71. The first-order valence-corrected chi connectivity index (χ1v) is 4.32. The number of rotatable bonds is 4. The third-order valence-corrected chi connectivity index (χ3v) is 1.68. The summed E-state index contributed by atoms with van der Waals surface area (Å²) in [5, 5.41) is 0. The van der Waals surface area contributed by atoms with Crippen molar-refractivity contribution in [1.82, 2.24) is 4.98 Å². The SMILES string of the molecule is CCOC(=O)Cc1cccnc1C=O. The smallest absolute Gasteiger partial charge is 0.310 e. The Morgan fingerprint density at radius 1 is 1.64 bits per heavy atom. The summed E-state index contributed by atoms with van der Waals surface area (Å²) in [6.45, 7) is 2.08. The van der Waals surface area contributed by atoms with Gasteiger partial charge in [-0.1, -0.05) is 6.07 Å². The van der Waals surface area contributed by atoms with Gasteiger partial charge in [0.15, 0.2) is 6.29 Å². The van der Waals surface area contributed by atoms with E-state index in [1.165, 1.54) is 6.20 Å². The van der Waals surface area contributed by atoms with Gasteiger partial charge in [-0.05, 0) is 18.6 Å². The number of hydrogen-bond acceptors (Lipinski definition) is 4. The van der Waals surface area contributed by atoms with Crippen molar-refractivity contribution in [1.29, 1.82) is 0 Å². The zero-order valence-corrected chi connectivity index (χ0v) is 7.90. The Bertz CT molecular complexity index is 336. The molecule has 1 rings (SSSR count). The molecule has 0 amide bonds. The van der Waals surface area contributed by atoms with Gasteiger partial charge in [0.05, 0.1) is 13.0 Å². The first-order valence-electron chi connectivity index (χ1n) is 4.32. The van der Waals surface area contributed by atoms with Gasteiger partial charge in [-0.15, -0.1) is 0 Å². The van der Waals surface area contributed by atoms with Gasteiger partial charge in [0.2, 0.25) is 0 Å². The Balaban J connectivity index is 2.75. The van der Waals surface area contributed by atoms with Crippen molar-refractivity contribution in [3.05, 3.63) is 29.6 Å². The number of pyridine rings is 1. The molecule has 74 valence electrons. The van der Waals surface area contributed by atoms with Crippen LogP contribution in [0.25, 0.3) is 0 Å². The van der Waals surface area contributed by atoms with E-state index in [0.717, 1.165) is 0 Å². The van der Waals surface area contributed by atoms with Crippen molar-refractivity contribution in [2.45, 2.75) is 13.3 Å². The summed E-state index contributed by atoms with van der Waals surface area (Å²) in [7, 11) is 0. The fourth-order valence-corrected chi connectivity index (χ4v) is 1.07. The second kappa shape index (κ2) is 5.11. The Morgan fingerprint density at radius 3 is 3.07 bits per heavy atom. The number of aromatic nitrogens is 1. The summed E-state index contributed by atoms with van der Waals surface area (Å²) < 4.78 is 4.76. The van der Waals surface area contributed by atoms with Crippen molar-refractivity contribution < 1.29 is 14.3 Å². The van der Waals surface area contributed by atoms with Crippen molar-refractivity contribution in [3.8, 4) is 0 Å². The summed E-state index contributed by atoms with van der Waals surface area (Å²) in [6, 6.07) is 3.37. The average Bonchev–Trinajstić information content (AvgIpc) is 2.19. The molecule has 0 fully saturated rings. The van der Waals surface area contributed by atoms with Crippen LogP contribution >= 0.6 is 0 Å². The van der Waals surface area contributed by atoms with Crippen LogP contribution in [0.5, 0.6) is 0 Å². The molecule has 0 N–H and O–H groups in total. The van der Waals surface area contributed by atoms with Crippen LogP contribution in [0.3, 0.4) is 0 Å². The van der Waals surface area contributed by atoms with Gasteiger partial charge >= 0.3 is 5.97 Å². The Kier molecular flexibility index (Phi) is 3.79. The van der Waals surface area contributed by atoms with Crippen molar-refractivity contribution in [3.63, 3.8) is 0 Å². The highest BCUT2D eigenvalue weighted by Crippen LogP contribution is 2.04. The van der Waals surface area contributed by atoms with Crippen LogP contribution in [0.2, 0.25) is 0 Å². The number of ether oxygens (including phenoxy) is 1. The van der Waals surface area contributed by atoms with E-state index in [1.54, 1.807) is 19.1 Å². The molecular formula is C10H11NO3. The highest BCUT2D eigenvalue weighted by molar-refractivity contribution is 5.79. The number of aldehydes is 1. The molecule has 0 saturated heterocycles. The van der Waals surface area contributed by atoms with Gasteiger partial charge in [0, 0.05) is 6.20 Å². The van der Waals surface area contributed by atoms with Crippen LogP contribution in [-0.2, 0) is 16.0 Å². The highest BCUT2D eigenvalue weighted by Gasteiger charge is 2.08.